The topological polar surface area (TPSA) is 59.8 Å². The fourth-order valence-corrected chi connectivity index (χ4v) is 4.00. The molecule has 1 aliphatic heterocycles. The largest absolute Gasteiger partial charge is 0.466 e. The number of nitrogens with one attached hydrogen (secondary N) is 2. The fourth-order valence-electron chi connectivity index (χ4n) is 4.00. The van der Waals surface area contributed by atoms with E-state index in [9.17, 15) is 9.59 Å². The number of rotatable bonds is 6. The van der Waals surface area contributed by atoms with Gasteiger partial charge >= 0.3 is 5.97 Å². The molecule has 0 saturated carbocycles. The molecule has 0 aromatic heterocycles. The van der Waals surface area contributed by atoms with Crippen LogP contribution in [0.3, 0.4) is 0 Å². The molecule has 25 heavy (non-hydrogen) atoms. The van der Waals surface area contributed by atoms with Crippen LogP contribution >= 0.6 is 0 Å². The van der Waals surface area contributed by atoms with Gasteiger partial charge in [-0.3, -0.25) is 9.59 Å². The predicted molar refractivity (Wildman–Crippen MR) is 96.6 cm³/mol. The molecule has 3 rings (SSSR count). The highest BCUT2D eigenvalue weighted by atomic mass is 16.5. The first-order valence-electron chi connectivity index (χ1n) is 9.57. The molecule has 1 aromatic rings. The quantitative estimate of drug-likeness (QED) is 0.766. The van der Waals surface area contributed by atoms with Crippen LogP contribution in [0.25, 0.3) is 0 Å². The van der Waals surface area contributed by atoms with E-state index in [4.69, 9.17) is 4.74 Å². The zero-order chi connectivity index (χ0) is 17.6. The van der Waals surface area contributed by atoms with E-state index in [1.54, 1.807) is 0 Å². The van der Waals surface area contributed by atoms with E-state index in [1.807, 2.05) is 13.0 Å². The highest BCUT2D eigenvalue weighted by Crippen LogP contribution is 2.24. The van der Waals surface area contributed by atoms with Crippen LogP contribution in [-0.4, -0.2) is 38.1 Å². The van der Waals surface area contributed by atoms with Gasteiger partial charge in [0.25, 0.3) is 0 Å². The molecule has 5 nitrogen and oxygen atoms in total. The minimum absolute atomic E-state index is 0.0107. The number of benzene rings is 1. The lowest BCUT2D eigenvalue weighted by Gasteiger charge is -2.28. The molecule has 136 valence electrons. The number of amides is 1. The van der Waals surface area contributed by atoms with Crippen LogP contribution < -0.4 is 10.2 Å². The minimum atomic E-state index is -0.0812. The summed E-state index contributed by atoms with van der Waals surface area (Å²) < 4.78 is 5.14. The number of aryl methyl sites for hydroxylation is 2. The van der Waals surface area contributed by atoms with Crippen molar-refractivity contribution in [2.24, 2.45) is 5.92 Å². The van der Waals surface area contributed by atoms with Gasteiger partial charge in [-0.1, -0.05) is 6.07 Å². The first-order valence-corrected chi connectivity index (χ1v) is 9.57. The molecule has 1 saturated heterocycles. The summed E-state index contributed by atoms with van der Waals surface area (Å²) in [6.07, 6.45) is 5.90. The van der Waals surface area contributed by atoms with Crippen molar-refractivity contribution in [2.45, 2.75) is 45.4 Å². The number of hydrogen-bond acceptors (Lipinski definition) is 3. The number of piperidine rings is 1. The average molecular weight is 345 g/mol. The van der Waals surface area contributed by atoms with E-state index in [2.05, 4.69) is 17.4 Å². The number of hydrogen-bond donors (Lipinski definition) is 2. The first kappa shape index (κ1) is 17.9. The lowest BCUT2D eigenvalue weighted by Crippen LogP contribution is -3.13. The van der Waals surface area contributed by atoms with Crippen molar-refractivity contribution >= 4 is 17.6 Å². The van der Waals surface area contributed by atoms with E-state index in [-0.39, 0.29) is 17.8 Å². The average Bonchev–Trinajstić information content (AvgIpc) is 3.08. The Morgan fingerprint density at radius 2 is 2.08 bits per heavy atom. The third kappa shape index (κ3) is 4.82. The summed E-state index contributed by atoms with van der Waals surface area (Å²) >= 11 is 0. The van der Waals surface area contributed by atoms with Gasteiger partial charge in [-0.15, -0.1) is 0 Å². The summed E-state index contributed by atoms with van der Waals surface area (Å²) in [5.74, 6) is -0.0329. The summed E-state index contributed by atoms with van der Waals surface area (Å²) in [4.78, 5) is 25.5. The maximum Gasteiger partial charge on any atom is 0.314 e. The van der Waals surface area contributed by atoms with Gasteiger partial charge < -0.3 is 15.0 Å². The van der Waals surface area contributed by atoms with Crippen molar-refractivity contribution in [3.63, 3.8) is 0 Å². The summed E-state index contributed by atoms with van der Waals surface area (Å²) in [6.45, 7) is 4.86. The van der Waals surface area contributed by atoms with Crippen molar-refractivity contribution in [3.05, 3.63) is 29.3 Å². The molecular weight excluding hydrogens is 316 g/mol. The monoisotopic (exact) mass is 345 g/mol. The molecule has 2 atom stereocenters. The second kappa shape index (κ2) is 8.48. The number of esters is 1. The lowest BCUT2D eigenvalue weighted by atomic mass is 9.98. The van der Waals surface area contributed by atoms with Gasteiger partial charge in [0.1, 0.15) is 5.92 Å². The van der Waals surface area contributed by atoms with E-state index in [1.165, 1.54) is 22.4 Å². The third-order valence-corrected chi connectivity index (χ3v) is 5.33. The summed E-state index contributed by atoms with van der Waals surface area (Å²) in [7, 11) is 0. The number of likely N-dealkylation sites (tertiary alicyclic amines) is 1. The standard InChI is InChI=1S/C20H28N2O3/c1-2-25-20(24)17-7-4-11-22(14-17)12-10-19(23)21-18-9-8-15-5-3-6-16(15)13-18/h8-9,13,17H,2-7,10-12,14H2,1H3,(H,21,23)/p+1/t17-/m1/s1. The Labute approximate surface area is 149 Å². The third-order valence-electron chi connectivity index (χ3n) is 5.33. The molecular formula is C20H29N2O3+. The van der Waals surface area contributed by atoms with Gasteiger partial charge in [0.15, 0.2) is 0 Å². The molecule has 2 N–H and O–H groups in total. The molecule has 1 amide bonds. The fraction of sp³-hybridized carbons (Fsp3) is 0.600. The predicted octanol–water partition coefficient (Wildman–Crippen LogP) is 1.36. The molecule has 2 aliphatic rings. The van der Waals surface area contributed by atoms with Gasteiger partial charge in [-0.2, -0.15) is 0 Å². The summed E-state index contributed by atoms with van der Waals surface area (Å²) in [5, 5.41) is 3.02. The zero-order valence-electron chi connectivity index (χ0n) is 15.1. The Bertz CT molecular complexity index is 629. The Hall–Kier alpha value is -1.88. The maximum absolute atomic E-state index is 12.3. The zero-order valence-corrected chi connectivity index (χ0v) is 15.1. The van der Waals surface area contributed by atoms with Crippen LogP contribution in [0.15, 0.2) is 18.2 Å². The van der Waals surface area contributed by atoms with Gasteiger partial charge in [-0.05, 0) is 62.3 Å². The Morgan fingerprint density at radius 1 is 1.24 bits per heavy atom. The van der Waals surface area contributed by atoms with Crippen LogP contribution in [0.2, 0.25) is 0 Å². The molecule has 0 spiro atoms. The number of carbonyl (C=O) groups excluding carboxylic acids is 2. The van der Waals surface area contributed by atoms with Crippen molar-refractivity contribution in [2.75, 3.05) is 31.6 Å². The maximum atomic E-state index is 12.3. The number of anilines is 1. The van der Waals surface area contributed by atoms with E-state index in [0.717, 1.165) is 51.0 Å². The van der Waals surface area contributed by atoms with Gasteiger partial charge in [0.2, 0.25) is 5.91 Å². The number of ether oxygens (including phenoxy) is 1. The normalized spacial score (nSPS) is 22.3. The SMILES string of the molecule is CCOC(=O)[C@@H]1CCC[NH+](CCC(=O)Nc2ccc3c(c2)CCC3)C1. The Kier molecular flexibility index (Phi) is 6.08. The van der Waals surface area contributed by atoms with Crippen LogP contribution in [0.5, 0.6) is 0 Å². The number of fused-ring (bicyclic) bond motifs is 1. The van der Waals surface area contributed by atoms with Crippen LogP contribution in [0, 0.1) is 5.92 Å². The lowest BCUT2D eigenvalue weighted by molar-refractivity contribution is -0.906. The molecule has 0 radical (unpaired) electrons. The molecule has 0 bridgehead atoms. The summed E-state index contributed by atoms with van der Waals surface area (Å²) in [5.41, 5.74) is 3.70. The molecule has 1 aliphatic carbocycles. The van der Waals surface area contributed by atoms with Gasteiger partial charge in [0, 0.05) is 5.69 Å². The van der Waals surface area contributed by atoms with E-state index < -0.39 is 0 Å². The van der Waals surface area contributed by atoms with Gasteiger partial charge in [-0.25, -0.2) is 0 Å². The molecule has 1 unspecified atom stereocenters. The van der Waals surface area contributed by atoms with E-state index >= 15 is 0 Å². The second-order valence-electron chi connectivity index (χ2n) is 7.18. The second-order valence-corrected chi connectivity index (χ2v) is 7.18. The number of carbonyl (C=O) groups is 2. The van der Waals surface area contributed by atoms with Gasteiger partial charge in [0.05, 0.1) is 32.7 Å². The summed E-state index contributed by atoms with van der Waals surface area (Å²) in [6, 6.07) is 6.26. The Morgan fingerprint density at radius 3 is 2.92 bits per heavy atom. The van der Waals surface area contributed by atoms with Crippen LogP contribution in [0.1, 0.15) is 43.7 Å². The smallest absolute Gasteiger partial charge is 0.314 e. The van der Waals surface area contributed by atoms with E-state index in [0.29, 0.717) is 13.0 Å². The van der Waals surface area contributed by atoms with Crippen molar-refractivity contribution in [1.29, 1.82) is 0 Å². The van der Waals surface area contributed by atoms with Crippen LogP contribution in [-0.2, 0) is 27.2 Å². The Balaban J connectivity index is 1.45. The first-order chi connectivity index (χ1) is 12.2. The molecule has 1 aromatic carbocycles. The molecule has 1 heterocycles. The minimum Gasteiger partial charge on any atom is -0.466 e. The molecule has 1 fully saturated rings. The van der Waals surface area contributed by atoms with Crippen molar-refractivity contribution in [3.8, 4) is 0 Å². The van der Waals surface area contributed by atoms with Crippen molar-refractivity contribution in [1.82, 2.24) is 0 Å². The number of quaternary nitrogens is 1. The highest BCUT2D eigenvalue weighted by Gasteiger charge is 2.29. The highest BCUT2D eigenvalue weighted by molar-refractivity contribution is 5.90. The van der Waals surface area contributed by atoms with Crippen molar-refractivity contribution < 1.29 is 19.2 Å². The van der Waals surface area contributed by atoms with Crippen LogP contribution in [0.4, 0.5) is 5.69 Å². The molecule has 5 heteroatoms.